The van der Waals surface area contributed by atoms with Crippen LogP contribution >= 0.6 is 11.3 Å². The van der Waals surface area contributed by atoms with E-state index in [4.69, 9.17) is 5.26 Å². The van der Waals surface area contributed by atoms with Gasteiger partial charge in [0.2, 0.25) is 0 Å². The summed E-state index contributed by atoms with van der Waals surface area (Å²) in [6.45, 7) is 1.84. The molecule has 19 heavy (non-hydrogen) atoms. The van der Waals surface area contributed by atoms with Crippen LogP contribution in [0.25, 0.3) is 0 Å². The molecule has 0 atom stereocenters. The van der Waals surface area contributed by atoms with Crippen LogP contribution < -0.4 is 0 Å². The van der Waals surface area contributed by atoms with Crippen LogP contribution in [0.4, 0.5) is 16.4 Å². The topological polar surface area (TPSA) is 91.7 Å². The Morgan fingerprint density at radius 1 is 1.32 bits per heavy atom. The number of nitrogens with zero attached hydrogens (tertiary/aromatic N) is 4. The van der Waals surface area contributed by atoms with E-state index in [0.29, 0.717) is 16.3 Å². The lowest BCUT2D eigenvalue weighted by Gasteiger charge is -1.91. The first-order valence-electron chi connectivity index (χ1n) is 5.27. The molecule has 0 N–H and O–H groups in total. The summed E-state index contributed by atoms with van der Waals surface area (Å²) >= 11 is 1.38. The Morgan fingerprint density at radius 3 is 2.53 bits per heavy atom. The first-order chi connectivity index (χ1) is 9.10. The molecule has 0 radical (unpaired) electrons. The van der Waals surface area contributed by atoms with Gasteiger partial charge in [-0.3, -0.25) is 10.1 Å². The van der Waals surface area contributed by atoms with Gasteiger partial charge in [-0.1, -0.05) is 0 Å². The van der Waals surface area contributed by atoms with Gasteiger partial charge in [-0.25, -0.2) is 0 Å². The fourth-order valence-corrected chi connectivity index (χ4v) is 2.16. The average Bonchev–Trinajstić information content (AvgIpc) is 2.77. The van der Waals surface area contributed by atoms with Gasteiger partial charge in [-0.2, -0.15) is 5.26 Å². The summed E-state index contributed by atoms with van der Waals surface area (Å²) in [7, 11) is 0. The minimum Gasteiger partial charge on any atom is -0.258 e. The van der Waals surface area contributed by atoms with Crippen molar-refractivity contribution in [3.8, 4) is 6.07 Å². The molecule has 0 saturated heterocycles. The molecule has 0 spiro atoms. The molecule has 2 aromatic rings. The minimum absolute atomic E-state index is 0.0117. The summed E-state index contributed by atoms with van der Waals surface area (Å²) < 4.78 is 0. The molecule has 94 valence electrons. The fraction of sp³-hybridized carbons (Fsp3) is 0.0833. The standard InChI is InChI=1S/C12H8N4O2S/c1-8-9(7-13)6-12(19-8)15-14-10-2-4-11(5-3-10)16(17)18/h2-6H,1H3. The lowest BCUT2D eigenvalue weighted by Crippen LogP contribution is -1.85. The maximum absolute atomic E-state index is 10.5. The number of thiophene rings is 1. The number of azo groups is 1. The number of non-ortho nitro benzene ring substituents is 1. The van der Waals surface area contributed by atoms with Gasteiger partial charge in [0.1, 0.15) is 11.1 Å². The average molecular weight is 272 g/mol. The zero-order chi connectivity index (χ0) is 13.8. The summed E-state index contributed by atoms with van der Waals surface area (Å²) in [5.74, 6) is 0. The molecule has 0 amide bonds. The molecule has 0 unspecified atom stereocenters. The smallest absolute Gasteiger partial charge is 0.258 e. The number of benzene rings is 1. The lowest BCUT2D eigenvalue weighted by molar-refractivity contribution is -0.384. The molecule has 0 bridgehead atoms. The largest absolute Gasteiger partial charge is 0.269 e. The van der Waals surface area contributed by atoms with Crippen molar-refractivity contribution in [3.05, 3.63) is 50.9 Å². The van der Waals surface area contributed by atoms with Crippen molar-refractivity contribution in [1.29, 1.82) is 5.26 Å². The van der Waals surface area contributed by atoms with Gasteiger partial charge >= 0.3 is 0 Å². The maximum atomic E-state index is 10.5. The van der Waals surface area contributed by atoms with E-state index >= 15 is 0 Å². The van der Waals surface area contributed by atoms with Gasteiger partial charge in [0.15, 0.2) is 0 Å². The second kappa shape index (κ2) is 5.37. The Hall–Kier alpha value is -2.59. The molecule has 0 aliphatic rings. The summed E-state index contributed by atoms with van der Waals surface area (Å²) in [6.07, 6.45) is 0. The van der Waals surface area contributed by atoms with Crippen LogP contribution in [0, 0.1) is 28.4 Å². The van der Waals surface area contributed by atoms with Gasteiger partial charge < -0.3 is 0 Å². The molecule has 1 aromatic heterocycles. The highest BCUT2D eigenvalue weighted by molar-refractivity contribution is 7.15. The normalized spacial score (nSPS) is 10.5. The van der Waals surface area contributed by atoms with E-state index in [1.54, 1.807) is 6.07 Å². The van der Waals surface area contributed by atoms with Crippen molar-refractivity contribution < 1.29 is 4.92 Å². The summed E-state index contributed by atoms with van der Waals surface area (Å²) in [6, 6.07) is 9.51. The highest BCUT2D eigenvalue weighted by Gasteiger charge is 2.05. The van der Waals surface area contributed by atoms with Gasteiger partial charge in [0.05, 0.1) is 16.2 Å². The zero-order valence-corrected chi connectivity index (χ0v) is 10.7. The Balaban J connectivity index is 2.18. The van der Waals surface area contributed by atoms with Crippen LogP contribution in [-0.4, -0.2) is 4.92 Å². The molecule has 0 aliphatic carbocycles. The third kappa shape index (κ3) is 3.00. The van der Waals surface area contributed by atoms with Crippen LogP contribution in [0.15, 0.2) is 40.6 Å². The first-order valence-corrected chi connectivity index (χ1v) is 6.08. The lowest BCUT2D eigenvalue weighted by atomic mass is 10.3. The highest BCUT2D eigenvalue weighted by Crippen LogP contribution is 2.30. The predicted molar refractivity (Wildman–Crippen MR) is 71.0 cm³/mol. The molecule has 0 fully saturated rings. The molecule has 1 aromatic carbocycles. The van der Waals surface area contributed by atoms with E-state index in [1.807, 2.05) is 6.92 Å². The molecule has 0 aliphatic heterocycles. The number of rotatable bonds is 3. The second-order valence-electron chi connectivity index (χ2n) is 3.64. The molecular weight excluding hydrogens is 264 g/mol. The highest BCUT2D eigenvalue weighted by atomic mass is 32.1. The second-order valence-corrected chi connectivity index (χ2v) is 4.87. The van der Waals surface area contributed by atoms with E-state index in [0.717, 1.165) is 4.88 Å². The predicted octanol–water partition coefficient (Wildman–Crippen LogP) is 4.25. The Bertz CT molecular complexity index is 683. The van der Waals surface area contributed by atoms with Crippen molar-refractivity contribution in [2.45, 2.75) is 6.92 Å². The number of nitro groups is 1. The monoisotopic (exact) mass is 272 g/mol. The Kier molecular flexibility index (Phi) is 3.63. The first kappa shape index (κ1) is 12.9. The Labute approximate surface area is 112 Å². The molecule has 7 heteroatoms. The number of hydrogen-bond acceptors (Lipinski definition) is 6. The van der Waals surface area contributed by atoms with Crippen molar-refractivity contribution in [3.63, 3.8) is 0 Å². The van der Waals surface area contributed by atoms with E-state index in [9.17, 15) is 10.1 Å². The summed E-state index contributed by atoms with van der Waals surface area (Å²) in [5.41, 5.74) is 1.12. The molecule has 2 rings (SSSR count). The number of nitriles is 1. The Morgan fingerprint density at radius 2 is 2.00 bits per heavy atom. The van der Waals surface area contributed by atoms with Crippen molar-refractivity contribution >= 4 is 27.7 Å². The van der Waals surface area contributed by atoms with Crippen LogP contribution in [0.1, 0.15) is 10.4 Å². The van der Waals surface area contributed by atoms with Gasteiger partial charge in [0, 0.05) is 17.0 Å². The van der Waals surface area contributed by atoms with Gasteiger partial charge in [-0.05, 0) is 25.1 Å². The van der Waals surface area contributed by atoms with E-state index in [1.165, 1.54) is 35.6 Å². The molecule has 1 heterocycles. The molecule has 6 nitrogen and oxygen atoms in total. The third-order valence-electron chi connectivity index (χ3n) is 2.35. The van der Waals surface area contributed by atoms with Gasteiger partial charge in [0.25, 0.3) is 5.69 Å². The van der Waals surface area contributed by atoms with Crippen molar-refractivity contribution in [2.24, 2.45) is 10.2 Å². The van der Waals surface area contributed by atoms with Crippen LogP contribution in [-0.2, 0) is 0 Å². The number of nitro benzene ring substituents is 1. The van der Waals surface area contributed by atoms with Crippen LogP contribution in [0.3, 0.4) is 0 Å². The van der Waals surface area contributed by atoms with E-state index < -0.39 is 4.92 Å². The van der Waals surface area contributed by atoms with Crippen molar-refractivity contribution in [1.82, 2.24) is 0 Å². The van der Waals surface area contributed by atoms with E-state index in [2.05, 4.69) is 16.3 Å². The third-order valence-corrected chi connectivity index (χ3v) is 3.28. The van der Waals surface area contributed by atoms with E-state index in [-0.39, 0.29) is 5.69 Å². The fourth-order valence-electron chi connectivity index (χ4n) is 1.37. The SMILES string of the molecule is Cc1sc(N=Nc2ccc([N+](=O)[O-])cc2)cc1C#N. The minimum atomic E-state index is -0.469. The molecule has 0 saturated carbocycles. The number of aryl methyl sites for hydroxylation is 1. The van der Waals surface area contributed by atoms with Crippen molar-refractivity contribution in [2.75, 3.05) is 0 Å². The van der Waals surface area contributed by atoms with Crippen LogP contribution in [0.5, 0.6) is 0 Å². The molecular formula is C12H8N4O2S. The summed E-state index contributed by atoms with van der Waals surface area (Å²) in [4.78, 5) is 10.9. The zero-order valence-electron chi connectivity index (χ0n) is 9.90. The quantitative estimate of drug-likeness (QED) is 0.475. The van der Waals surface area contributed by atoms with Crippen LogP contribution in [0.2, 0.25) is 0 Å². The number of hydrogen-bond donors (Lipinski definition) is 0. The van der Waals surface area contributed by atoms with Gasteiger partial charge in [-0.15, -0.1) is 21.6 Å². The summed E-state index contributed by atoms with van der Waals surface area (Å²) in [5, 5.41) is 27.9. The maximum Gasteiger partial charge on any atom is 0.269 e.